The van der Waals surface area contributed by atoms with E-state index in [9.17, 15) is 13.2 Å². The molecule has 2 aromatic rings. The van der Waals surface area contributed by atoms with Crippen LogP contribution in [0.1, 0.15) is 47.0 Å². The lowest BCUT2D eigenvalue weighted by molar-refractivity contribution is 0.0901. The van der Waals surface area contributed by atoms with Crippen LogP contribution in [0.4, 0.5) is 0 Å². The maximum atomic E-state index is 12.4. The molecule has 0 bridgehead atoms. The van der Waals surface area contributed by atoms with Gasteiger partial charge in [-0.25, -0.2) is 13.1 Å². The molecular formula is C17H20N2O4S. The van der Waals surface area contributed by atoms with Gasteiger partial charge in [-0.1, -0.05) is 30.7 Å². The number of furan rings is 1. The number of carbonyl (C=O) groups is 1. The van der Waals surface area contributed by atoms with Gasteiger partial charge < -0.3 is 9.73 Å². The maximum Gasteiger partial charge on any atom is 0.287 e. The smallest absolute Gasteiger partial charge is 0.287 e. The molecule has 0 radical (unpaired) electrons. The molecule has 2 N–H and O–H groups in total. The molecule has 0 aliphatic heterocycles. The van der Waals surface area contributed by atoms with Gasteiger partial charge in [-0.05, 0) is 49.6 Å². The number of carbonyl (C=O) groups excluding carboxylic acids is 1. The van der Waals surface area contributed by atoms with Crippen LogP contribution in [-0.4, -0.2) is 21.4 Å². The lowest BCUT2D eigenvalue weighted by Gasteiger charge is -2.18. The average Bonchev–Trinajstić information content (AvgIpc) is 3.01. The minimum atomic E-state index is -3.70. The van der Waals surface area contributed by atoms with Crippen LogP contribution in [0.25, 0.3) is 0 Å². The molecule has 0 saturated carbocycles. The van der Waals surface area contributed by atoms with E-state index in [0.717, 1.165) is 31.2 Å². The van der Waals surface area contributed by atoms with Crippen molar-refractivity contribution >= 4 is 15.9 Å². The van der Waals surface area contributed by atoms with Gasteiger partial charge in [-0.3, -0.25) is 4.79 Å². The standard InChI is InChI=1S/C17H20N2O4S/c1-18-24(21,22)16-11-10-15(23-16)17(20)19-14-9-5-3-7-12-6-2-4-8-13(12)14/h2,4,6,8,10-11,14,18H,3,5,7,9H2,1H3,(H,19,20)/t14-/m0/s1. The summed E-state index contributed by atoms with van der Waals surface area (Å²) >= 11 is 0. The van der Waals surface area contributed by atoms with E-state index in [4.69, 9.17) is 4.42 Å². The van der Waals surface area contributed by atoms with Gasteiger partial charge in [-0.15, -0.1) is 0 Å². The van der Waals surface area contributed by atoms with Crippen molar-refractivity contribution in [3.8, 4) is 0 Å². The summed E-state index contributed by atoms with van der Waals surface area (Å²) in [7, 11) is -2.40. The first-order chi connectivity index (χ1) is 11.5. The van der Waals surface area contributed by atoms with Crippen LogP contribution in [0.3, 0.4) is 0 Å². The van der Waals surface area contributed by atoms with E-state index in [1.807, 2.05) is 18.2 Å². The highest BCUT2D eigenvalue weighted by Crippen LogP contribution is 2.29. The molecule has 3 rings (SSSR count). The van der Waals surface area contributed by atoms with Crippen molar-refractivity contribution < 1.29 is 17.6 Å². The zero-order valence-electron chi connectivity index (χ0n) is 13.4. The summed E-state index contributed by atoms with van der Waals surface area (Å²) in [6, 6.07) is 10.7. The monoisotopic (exact) mass is 348 g/mol. The van der Waals surface area contributed by atoms with Crippen LogP contribution in [0.5, 0.6) is 0 Å². The van der Waals surface area contributed by atoms with E-state index in [1.165, 1.54) is 24.7 Å². The second-order valence-corrected chi connectivity index (χ2v) is 7.61. The fourth-order valence-corrected chi connectivity index (χ4v) is 3.64. The summed E-state index contributed by atoms with van der Waals surface area (Å²) in [6.07, 6.45) is 3.98. The van der Waals surface area contributed by atoms with Crippen molar-refractivity contribution in [2.24, 2.45) is 0 Å². The minimum absolute atomic E-state index is 0.00875. The highest BCUT2D eigenvalue weighted by molar-refractivity contribution is 7.89. The fraction of sp³-hybridized carbons (Fsp3) is 0.353. The summed E-state index contributed by atoms with van der Waals surface area (Å²) in [4.78, 5) is 12.4. The van der Waals surface area contributed by atoms with Gasteiger partial charge in [-0.2, -0.15) is 0 Å². The van der Waals surface area contributed by atoms with Crippen molar-refractivity contribution in [2.45, 2.75) is 36.8 Å². The molecular weight excluding hydrogens is 328 g/mol. The fourth-order valence-electron chi connectivity index (χ4n) is 2.99. The van der Waals surface area contributed by atoms with Gasteiger partial charge in [0, 0.05) is 0 Å². The van der Waals surface area contributed by atoms with Crippen LogP contribution in [0.2, 0.25) is 0 Å². The van der Waals surface area contributed by atoms with Crippen molar-refractivity contribution in [2.75, 3.05) is 7.05 Å². The van der Waals surface area contributed by atoms with Gasteiger partial charge in [0.2, 0.25) is 5.09 Å². The molecule has 1 aromatic carbocycles. The maximum absolute atomic E-state index is 12.4. The third kappa shape index (κ3) is 3.37. The first kappa shape index (κ1) is 16.7. The van der Waals surface area contributed by atoms with Crippen molar-refractivity contribution in [3.05, 3.63) is 53.3 Å². The molecule has 6 nitrogen and oxygen atoms in total. The number of rotatable bonds is 4. The van der Waals surface area contributed by atoms with E-state index >= 15 is 0 Å². The normalized spacial score (nSPS) is 17.8. The van der Waals surface area contributed by atoms with Gasteiger partial charge in [0.05, 0.1) is 6.04 Å². The van der Waals surface area contributed by atoms with E-state index < -0.39 is 15.9 Å². The van der Waals surface area contributed by atoms with Crippen molar-refractivity contribution in [1.29, 1.82) is 0 Å². The molecule has 0 spiro atoms. The van der Waals surface area contributed by atoms with Crippen LogP contribution < -0.4 is 10.0 Å². The molecule has 7 heteroatoms. The van der Waals surface area contributed by atoms with Crippen molar-refractivity contribution in [3.63, 3.8) is 0 Å². The van der Waals surface area contributed by atoms with E-state index in [-0.39, 0.29) is 16.9 Å². The quantitative estimate of drug-likeness (QED) is 0.831. The molecule has 1 amide bonds. The molecule has 24 heavy (non-hydrogen) atoms. The van der Waals surface area contributed by atoms with Gasteiger partial charge in [0.15, 0.2) is 5.76 Å². The third-order valence-electron chi connectivity index (χ3n) is 4.26. The Labute approximate surface area is 141 Å². The molecule has 0 saturated heterocycles. The minimum Gasteiger partial charge on any atom is -0.438 e. The summed E-state index contributed by atoms with van der Waals surface area (Å²) in [5.74, 6) is -0.417. The predicted molar refractivity (Wildman–Crippen MR) is 89.2 cm³/mol. The number of fused-ring (bicyclic) bond motifs is 1. The lowest BCUT2D eigenvalue weighted by atomic mass is 9.99. The zero-order valence-corrected chi connectivity index (χ0v) is 14.2. The van der Waals surface area contributed by atoms with Gasteiger partial charge in [0.1, 0.15) is 0 Å². The highest BCUT2D eigenvalue weighted by Gasteiger charge is 2.24. The molecule has 1 heterocycles. The van der Waals surface area contributed by atoms with Crippen LogP contribution >= 0.6 is 0 Å². The highest BCUT2D eigenvalue weighted by atomic mass is 32.2. The Morgan fingerprint density at radius 3 is 2.75 bits per heavy atom. The summed E-state index contributed by atoms with van der Waals surface area (Å²) in [5, 5.41) is 2.70. The van der Waals surface area contributed by atoms with Crippen LogP contribution in [-0.2, 0) is 16.4 Å². The largest absolute Gasteiger partial charge is 0.438 e. The molecule has 1 aliphatic carbocycles. The Hall–Kier alpha value is -2.12. The number of hydrogen-bond acceptors (Lipinski definition) is 4. The Balaban J connectivity index is 1.80. The number of aryl methyl sites for hydroxylation is 1. The molecule has 1 aliphatic rings. The topological polar surface area (TPSA) is 88.4 Å². The number of hydrogen-bond donors (Lipinski definition) is 2. The van der Waals surface area contributed by atoms with Crippen LogP contribution in [0.15, 0.2) is 45.9 Å². The Bertz CT molecular complexity index is 842. The van der Waals surface area contributed by atoms with E-state index in [0.29, 0.717) is 0 Å². The molecule has 0 unspecified atom stereocenters. The number of nitrogens with one attached hydrogen (secondary N) is 2. The Morgan fingerprint density at radius 1 is 1.17 bits per heavy atom. The second-order valence-electron chi connectivity index (χ2n) is 5.80. The first-order valence-electron chi connectivity index (χ1n) is 7.93. The summed E-state index contributed by atoms with van der Waals surface area (Å²) < 4.78 is 30.8. The predicted octanol–water partition coefficient (Wildman–Crippen LogP) is 2.39. The summed E-state index contributed by atoms with van der Waals surface area (Å²) in [5.41, 5.74) is 2.37. The number of amides is 1. The summed E-state index contributed by atoms with van der Waals surface area (Å²) in [6.45, 7) is 0. The number of benzene rings is 1. The molecule has 1 aromatic heterocycles. The first-order valence-corrected chi connectivity index (χ1v) is 9.41. The molecule has 1 atom stereocenters. The average molecular weight is 348 g/mol. The number of sulfonamides is 1. The zero-order chi connectivity index (χ0) is 17.2. The Kier molecular flexibility index (Phi) is 4.73. The Morgan fingerprint density at radius 2 is 1.96 bits per heavy atom. The third-order valence-corrected chi connectivity index (χ3v) is 5.55. The second kappa shape index (κ2) is 6.78. The van der Waals surface area contributed by atoms with Crippen LogP contribution in [0, 0.1) is 0 Å². The molecule has 128 valence electrons. The van der Waals surface area contributed by atoms with Crippen molar-refractivity contribution in [1.82, 2.24) is 10.0 Å². The van der Waals surface area contributed by atoms with Gasteiger partial charge >= 0.3 is 0 Å². The van der Waals surface area contributed by atoms with Gasteiger partial charge in [0.25, 0.3) is 15.9 Å². The van der Waals surface area contributed by atoms with E-state index in [1.54, 1.807) is 0 Å². The van der Waals surface area contributed by atoms with E-state index in [2.05, 4.69) is 16.1 Å². The lowest BCUT2D eigenvalue weighted by Crippen LogP contribution is -2.28. The SMILES string of the molecule is CNS(=O)(=O)c1ccc(C(=O)N[C@H]2CCCCc3ccccc32)o1. The molecule has 0 fully saturated rings.